The Morgan fingerprint density at radius 3 is 2.68 bits per heavy atom. The fourth-order valence-corrected chi connectivity index (χ4v) is 2.88. The molecule has 1 saturated heterocycles. The van der Waals surface area contributed by atoms with Gasteiger partial charge in [0, 0.05) is 49.8 Å². The molecule has 1 aliphatic rings. The fourth-order valence-electron chi connectivity index (χ4n) is 2.88. The van der Waals surface area contributed by atoms with Crippen LogP contribution in [0.15, 0.2) is 30.5 Å². The summed E-state index contributed by atoms with van der Waals surface area (Å²) >= 11 is 0. The first kappa shape index (κ1) is 17.3. The molecule has 0 atom stereocenters. The Bertz CT molecular complexity index is 722. The molecule has 0 spiro atoms. The lowest BCUT2D eigenvalue weighted by Crippen LogP contribution is -2.38. The Kier molecular flexibility index (Phi) is 5.55. The summed E-state index contributed by atoms with van der Waals surface area (Å²) in [5.74, 6) is 0.921. The fraction of sp³-hybridized carbons (Fsp3) is 0.444. The van der Waals surface area contributed by atoms with Gasteiger partial charge in [0.25, 0.3) is 0 Å². The van der Waals surface area contributed by atoms with Crippen molar-refractivity contribution in [2.75, 3.05) is 31.2 Å². The van der Waals surface area contributed by atoms with Crippen LogP contribution in [0.4, 0.5) is 10.6 Å². The van der Waals surface area contributed by atoms with Crippen LogP contribution < -0.4 is 15.5 Å². The Balaban J connectivity index is 1.54. The molecule has 2 amide bonds. The van der Waals surface area contributed by atoms with E-state index < -0.39 is 0 Å². The predicted molar refractivity (Wildman–Crippen MR) is 96.5 cm³/mol. The highest BCUT2D eigenvalue weighted by Crippen LogP contribution is 2.18. The van der Waals surface area contributed by atoms with Crippen LogP contribution in [0.2, 0.25) is 0 Å². The van der Waals surface area contributed by atoms with Crippen LogP contribution >= 0.6 is 0 Å². The molecule has 0 radical (unpaired) electrons. The van der Waals surface area contributed by atoms with E-state index in [2.05, 4.69) is 25.1 Å². The first-order valence-corrected chi connectivity index (χ1v) is 8.54. The third-order valence-electron chi connectivity index (χ3n) is 4.52. The average molecular weight is 343 g/mol. The summed E-state index contributed by atoms with van der Waals surface area (Å²) in [4.78, 5) is 18.8. The van der Waals surface area contributed by atoms with Crippen LogP contribution in [0.25, 0.3) is 0 Å². The zero-order valence-corrected chi connectivity index (χ0v) is 14.8. The molecule has 2 aromatic rings. The number of morpholine rings is 1. The van der Waals surface area contributed by atoms with Gasteiger partial charge in [0.05, 0.1) is 19.8 Å². The van der Waals surface area contributed by atoms with Crippen molar-refractivity contribution >= 4 is 11.8 Å². The summed E-state index contributed by atoms with van der Waals surface area (Å²) in [5.41, 5.74) is 3.25. The van der Waals surface area contributed by atoms with E-state index in [1.807, 2.05) is 38.2 Å². The molecule has 0 unspecified atom stereocenters. The molecular weight excluding hydrogens is 318 g/mol. The summed E-state index contributed by atoms with van der Waals surface area (Å²) in [6.45, 7) is 6.04. The van der Waals surface area contributed by atoms with Crippen molar-refractivity contribution in [2.24, 2.45) is 7.05 Å². The first-order valence-electron chi connectivity index (χ1n) is 8.54. The number of hydrogen-bond donors (Lipinski definition) is 2. The van der Waals surface area contributed by atoms with Crippen molar-refractivity contribution in [2.45, 2.75) is 20.0 Å². The summed E-state index contributed by atoms with van der Waals surface area (Å²) in [7, 11) is 1.99. The Morgan fingerprint density at radius 1 is 1.20 bits per heavy atom. The molecule has 3 heterocycles. The number of aryl methyl sites for hydroxylation is 1. The summed E-state index contributed by atoms with van der Waals surface area (Å²) in [5, 5.41) is 5.82. The SMILES string of the molecule is Cc1ccc(CNC(=O)NCc2cccnc2N2CCOCC2)n1C. The van der Waals surface area contributed by atoms with Gasteiger partial charge in [-0.25, -0.2) is 9.78 Å². The normalized spacial score (nSPS) is 14.4. The number of pyridine rings is 1. The number of nitrogens with zero attached hydrogens (tertiary/aromatic N) is 3. The Labute approximate surface area is 148 Å². The highest BCUT2D eigenvalue weighted by Gasteiger charge is 2.16. The number of aromatic nitrogens is 2. The molecule has 2 N–H and O–H groups in total. The number of rotatable bonds is 5. The van der Waals surface area contributed by atoms with Crippen LogP contribution in [-0.4, -0.2) is 41.9 Å². The minimum absolute atomic E-state index is 0.185. The number of anilines is 1. The Morgan fingerprint density at radius 2 is 1.96 bits per heavy atom. The molecule has 3 rings (SSSR count). The van der Waals surface area contributed by atoms with Gasteiger partial charge in [0.1, 0.15) is 5.82 Å². The molecular formula is C18H25N5O2. The van der Waals surface area contributed by atoms with E-state index in [1.165, 1.54) is 5.69 Å². The maximum atomic E-state index is 12.1. The topological polar surface area (TPSA) is 71.4 Å². The van der Waals surface area contributed by atoms with Gasteiger partial charge >= 0.3 is 6.03 Å². The van der Waals surface area contributed by atoms with Crippen LogP contribution in [-0.2, 0) is 24.9 Å². The van der Waals surface area contributed by atoms with Gasteiger partial charge in [-0.05, 0) is 25.1 Å². The smallest absolute Gasteiger partial charge is 0.315 e. The number of ether oxygens (including phenoxy) is 1. The zero-order valence-electron chi connectivity index (χ0n) is 14.8. The number of carbonyl (C=O) groups excluding carboxylic acids is 1. The molecule has 0 saturated carbocycles. The minimum Gasteiger partial charge on any atom is -0.378 e. The monoisotopic (exact) mass is 343 g/mol. The van der Waals surface area contributed by atoms with Crippen molar-refractivity contribution < 1.29 is 9.53 Å². The zero-order chi connectivity index (χ0) is 17.6. The molecule has 7 heteroatoms. The van der Waals surface area contributed by atoms with E-state index in [-0.39, 0.29) is 6.03 Å². The maximum absolute atomic E-state index is 12.1. The van der Waals surface area contributed by atoms with E-state index in [9.17, 15) is 4.79 Å². The molecule has 1 aliphatic heterocycles. The molecule has 0 aliphatic carbocycles. The molecule has 0 aromatic carbocycles. The summed E-state index contributed by atoms with van der Waals surface area (Å²) < 4.78 is 7.46. The van der Waals surface area contributed by atoms with Crippen LogP contribution in [0.5, 0.6) is 0 Å². The van der Waals surface area contributed by atoms with Gasteiger partial charge in [0.15, 0.2) is 0 Å². The van der Waals surface area contributed by atoms with Crippen LogP contribution in [0.1, 0.15) is 17.0 Å². The van der Waals surface area contributed by atoms with Crippen molar-refractivity contribution in [1.82, 2.24) is 20.2 Å². The minimum atomic E-state index is -0.185. The molecule has 0 bridgehead atoms. The van der Waals surface area contributed by atoms with Gasteiger partial charge in [-0.3, -0.25) is 0 Å². The largest absolute Gasteiger partial charge is 0.378 e. The van der Waals surface area contributed by atoms with E-state index in [1.54, 1.807) is 6.20 Å². The highest BCUT2D eigenvalue weighted by molar-refractivity contribution is 5.74. The predicted octanol–water partition coefficient (Wildman–Crippen LogP) is 1.56. The molecule has 134 valence electrons. The van der Waals surface area contributed by atoms with E-state index in [0.717, 1.165) is 30.2 Å². The van der Waals surface area contributed by atoms with Crippen molar-refractivity contribution in [3.8, 4) is 0 Å². The third kappa shape index (κ3) is 4.30. The number of nitrogens with one attached hydrogen (secondary N) is 2. The van der Waals surface area contributed by atoms with Crippen molar-refractivity contribution in [1.29, 1.82) is 0 Å². The lowest BCUT2D eigenvalue weighted by Gasteiger charge is -2.29. The molecule has 25 heavy (non-hydrogen) atoms. The standard InChI is InChI=1S/C18H25N5O2/c1-14-5-6-16(22(14)2)13-21-18(24)20-12-15-4-3-7-19-17(15)23-8-10-25-11-9-23/h3-7H,8-13H2,1-2H3,(H2,20,21,24). The second-order valence-corrected chi connectivity index (χ2v) is 6.15. The van der Waals surface area contributed by atoms with E-state index >= 15 is 0 Å². The molecule has 7 nitrogen and oxygen atoms in total. The van der Waals surface area contributed by atoms with Crippen molar-refractivity contribution in [3.05, 3.63) is 47.4 Å². The lowest BCUT2D eigenvalue weighted by molar-refractivity contribution is 0.122. The molecule has 1 fully saturated rings. The highest BCUT2D eigenvalue weighted by atomic mass is 16.5. The quantitative estimate of drug-likeness (QED) is 0.864. The van der Waals surface area contributed by atoms with Gasteiger partial charge in [-0.1, -0.05) is 6.07 Å². The Hall–Kier alpha value is -2.54. The van der Waals surface area contributed by atoms with Crippen molar-refractivity contribution in [3.63, 3.8) is 0 Å². The second kappa shape index (κ2) is 8.02. The number of urea groups is 1. The van der Waals surface area contributed by atoms with Gasteiger partial charge in [-0.15, -0.1) is 0 Å². The number of hydrogen-bond acceptors (Lipinski definition) is 4. The van der Waals surface area contributed by atoms with Gasteiger partial charge in [-0.2, -0.15) is 0 Å². The third-order valence-corrected chi connectivity index (χ3v) is 4.52. The second-order valence-electron chi connectivity index (χ2n) is 6.15. The number of carbonyl (C=O) groups is 1. The van der Waals surface area contributed by atoms with Gasteiger partial charge in [0.2, 0.25) is 0 Å². The molecule has 2 aromatic heterocycles. The van der Waals surface area contributed by atoms with E-state index in [0.29, 0.717) is 26.3 Å². The number of amides is 2. The van der Waals surface area contributed by atoms with Crippen LogP contribution in [0, 0.1) is 6.92 Å². The average Bonchev–Trinajstić information content (AvgIpc) is 2.97. The summed E-state index contributed by atoms with van der Waals surface area (Å²) in [6.07, 6.45) is 1.78. The maximum Gasteiger partial charge on any atom is 0.315 e. The first-order chi connectivity index (χ1) is 12.1. The summed E-state index contributed by atoms with van der Waals surface area (Å²) in [6, 6.07) is 7.77. The van der Waals surface area contributed by atoms with Gasteiger partial charge < -0.3 is 24.8 Å². The van der Waals surface area contributed by atoms with Crippen LogP contribution in [0.3, 0.4) is 0 Å². The van der Waals surface area contributed by atoms with E-state index in [4.69, 9.17) is 4.74 Å². The lowest BCUT2D eigenvalue weighted by atomic mass is 10.2.